The Bertz CT molecular complexity index is 730. The molecule has 0 aliphatic carbocycles. The van der Waals surface area contributed by atoms with Gasteiger partial charge in [0, 0.05) is 5.69 Å². The van der Waals surface area contributed by atoms with E-state index in [1.165, 1.54) is 24.3 Å². The molecule has 0 atom stereocenters. The van der Waals surface area contributed by atoms with Gasteiger partial charge in [0.15, 0.2) is 6.61 Å². The van der Waals surface area contributed by atoms with Gasteiger partial charge in [-0.05, 0) is 34.7 Å². The normalized spacial score (nSPS) is 11.0. The average Bonchev–Trinajstić information content (AvgIpc) is 2.53. The second-order valence-electron chi connectivity index (χ2n) is 6.45. The van der Waals surface area contributed by atoms with Crippen LogP contribution in [0.2, 0.25) is 0 Å². The molecule has 0 aliphatic rings. The van der Waals surface area contributed by atoms with Crippen LogP contribution in [0.25, 0.3) is 0 Å². The first-order chi connectivity index (χ1) is 11.3. The monoisotopic (exact) mass is 326 g/mol. The molecule has 5 nitrogen and oxygen atoms in total. The van der Waals surface area contributed by atoms with Crippen LogP contribution in [0.4, 0.5) is 5.69 Å². The summed E-state index contributed by atoms with van der Waals surface area (Å²) in [7, 11) is 0. The predicted molar refractivity (Wildman–Crippen MR) is 90.0 cm³/mol. The molecule has 0 aromatic heterocycles. The number of carboxylic acids is 1. The third kappa shape index (κ3) is 4.59. The van der Waals surface area contributed by atoms with Crippen LogP contribution in [-0.2, 0) is 10.2 Å². The van der Waals surface area contributed by atoms with Crippen molar-refractivity contribution in [2.45, 2.75) is 26.2 Å². The SMILES string of the molecule is CC(C)(C)c1ccccc1OCC(=O)Nc1ccc(C(=O)[O-])cc1. The van der Waals surface area contributed by atoms with Crippen LogP contribution in [0.3, 0.4) is 0 Å². The molecular weight excluding hydrogens is 306 g/mol. The minimum atomic E-state index is -1.25. The second kappa shape index (κ2) is 7.17. The number of nitrogens with one attached hydrogen (secondary N) is 1. The molecule has 0 saturated heterocycles. The number of carboxylic acid groups (broad SMARTS) is 1. The van der Waals surface area contributed by atoms with Crippen LogP contribution < -0.4 is 15.2 Å². The third-order valence-electron chi connectivity index (χ3n) is 3.46. The Morgan fingerprint density at radius 2 is 1.67 bits per heavy atom. The average molecular weight is 326 g/mol. The molecule has 0 spiro atoms. The van der Waals surface area contributed by atoms with Gasteiger partial charge >= 0.3 is 0 Å². The topological polar surface area (TPSA) is 78.5 Å². The molecule has 0 fully saturated rings. The summed E-state index contributed by atoms with van der Waals surface area (Å²) in [4.78, 5) is 22.7. The summed E-state index contributed by atoms with van der Waals surface area (Å²) < 4.78 is 5.64. The van der Waals surface area contributed by atoms with Crippen LogP contribution in [0.1, 0.15) is 36.7 Å². The van der Waals surface area contributed by atoms with Crippen molar-refractivity contribution < 1.29 is 19.4 Å². The van der Waals surface area contributed by atoms with Gasteiger partial charge in [0.25, 0.3) is 5.91 Å². The highest BCUT2D eigenvalue weighted by Gasteiger charge is 2.18. The van der Waals surface area contributed by atoms with E-state index in [9.17, 15) is 14.7 Å². The van der Waals surface area contributed by atoms with E-state index in [0.29, 0.717) is 11.4 Å². The fraction of sp³-hybridized carbons (Fsp3) is 0.263. The molecule has 0 heterocycles. The molecule has 2 aromatic carbocycles. The number of para-hydroxylation sites is 1. The van der Waals surface area contributed by atoms with Gasteiger partial charge < -0.3 is 20.0 Å². The summed E-state index contributed by atoms with van der Waals surface area (Å²) in [6.07, 6.45) is 0. The maximum Gasteiger partial charge on any atom is 0.262 e. The van der Waals surface area contributed by atoms with Crippen LogP contribution in [0.5, 0.6) is 5.75 Å². The van der Waals surface area contributed by atoms with Crippen LogP contribution in [0, 0.1) is 0 Å². The van der Waals surface area contributed by atoms with Crippen molar-refractivity contribution in [2.75, 3.05) is 11.9 Å². The first kappa shape index (κ1) is 17.5. The molecule has 2 rings (SSSR count). The van der Waals surface area contributed by atoms with Crippen molar-refractivity contribution in [3.63, 3.8) is 0 Å². The molecule has 24 heavy (non-hydrogen) atoms. The zero-order valence-electron chi connectivity index (χ0n) is 14.0. The van der Waals surface area contributed by atoms with Gasteiger partial charge in [0.05, 0.1) is 5.97 Å². The number of carbonyl (C=O) groups excluding carboxylic acids is 2. The number of benzene rings is 2. The Labute approximate surface area is 141 Å². The zero-order chi connectivity index (χ0) is 17.7. The minimum absolute atomic E-state index is 0.0587. The van der Waals surface area contributed by atoms with Crippen LogP contribution in [-0.4, -0.2) is 18.5 Å². The molecular formula is C19H20NO4-. The highest BCUT2D eigenvalue weighted by molar-refractivity contribution is 5.93. The number of hydrogen-bond donors (Lipinski definition) is 1. The number of carbonyl (C=O) groups is 2. The highest BCUT2D eigenvalue weighted by atomic mass is 16.5. The zero-order valence-corrected chi connectivity index (χ0v) is 14.0. The van der Waals surface area contributed by atoms with Gasteiger partial charge in [-0.25, -0.2) is 0 Å². The van der Waals surface area contributed by atoms with Crippen molar-refractivity contribution in [3.8, 4) is 5.75 Å². The Hall–Kier alpha value is -2.82. The maximum atomic E-state index is 12.0. The molecule has 126 valence electrons. The first-order valence-corrected chi connectivity index (χ1v) is 7.61. The first-order valence-electron chi connectivity index (χ1n) is 7.61. The summed E-state index contributed by atoms with van der Waals surface area (Å²) in [6.45, 7) is 6.10. The van der Waals surface area contributed by atoms with Gasteiger partial charge in [0.1, 0.15) is 5.75 Å². The number of rotatable bonds is 5. The third-order valence-corrected chi connectivity index (χ3v) is 3.46. The molecule has 5 heteroatoms. The summed E-state index contributed by atoms with van der Waals surface area (Å²) in [6, 6.07) is 13.4. The van der Waals surface area contributed by atoms with E-state index in [2.05, 4.69) is 26.1 Å². The molecule has 0 radical (unpaired) electrons. The van der Waals surface area contributed by atoms with Gasteiger partial charge in [-0.1, -0.05) is 51.1 Å². The Morgan fingerprint density at radius 1 is 1.04 bits per heavy atom. The fourth-order valence-corrected chi connectivity index (χ4v) is 2.24. The highest BCUT2D eigenvalue weighted by Crippen LogP contribution is 2.30. The molecule has 2 aromatic rings. The number of ether oxygens (including phenoxy) is 1. The van der Waals surface area contributed by atoms with E-state index in [4.69, 9.17) is 4.74 Å². The van der Waals surface area contributed by atoms with Crippen molar-refractivity contribution in [2.24, 2.45) is 0 Å². The maximum absolute atomic E-state index is 12.0. The van der Waals surface area contributed by atoms with Crippen LogP contribution >= 0.6 is 0 Å². The van der Waals surface area contributed by atoms with E-state index >= 15 is 0 Å². The number of amides is 1. The fourth-order valence-electron chi connectivity index (χ4n) is 2.24. The number of aromatic carboxylic acids is 1. The Kier molecular flexibility index (Phi) is 5.24. The summed E-state index contributed by atoms with van der Waals surface area (Å²) in [5.74, 6) is -0.901. The lowest BCUT2D eigenvalue weighted by atomic mass is 9.86. The van der Waals surface area contributed by atoms with Crippen molar-refractivity contribution in [3.05, 3.63) is 59.7 Å². The quantitative estimate of drug-likeness (QED) is 0.915. The lowest BCUT2D eigenvalue weighted by Gasteiger charge is -2.22. The van der Waals surface area contributed by atoms with Gasteiger partial charge in [-0.3, -0.25) is 4.79 Å². The van der Waals surface area contributed by atoms with Gasteiger partial charge in [-0.15, -0.1) is 0 Å². The van der Waals surface area contributed by atoms with Crippen LogP contribution in [0.15, 0.2) is 48.5 Å². The summed E-state index contributed by atoms with van der Waals surface area (Å²) >= 11 is 0. The van der Waals surface area contributed by atoms with E-state index in [1.54, 1.807) is 0 Å². The molecule has 0 aliphatic heterocycles. The number of hydrogen-bond acceptors (Lipinski definition) is 4. The largest absolute Gasteiger partial charge is 0.545 e. The molecule has 0 unspecified atom stereocenters. The van der Waals surface area contributed by atoms with E-state index in [1.807, 2.05) is 24.3 Å². The van der Waals surface area contributed by atoms with E-state index in [0.717, 1.165) is 5.56 Å². The molecule has 0 saturated carbocycles. The standard InChI is InChI=1S/C19H21NO4/c1-19(2,3)15-6-4-5-7-16(15)24-12-17(21)20-14-10-8-13(9-11-14)18(22)23/h4-11H,12H2,1-3H3,(H,20,21)(H,22,23)/p-1. The second-order valence-corrected chi connectivity index (χ2v) is 6.45. The predicted octanol–water partition coefficient (Wildman–Crippen LogP) is 2.37. The summed E-state index contributed by atoms with van der Waals surface area (Å²) in [5.41, 5.74) is 1.49. The lowest BCUT2D eigenvalue weighted by Crippen LogP contribution is -2.23. The van der Waals surface area contributed by atoms with E-state index in [-0.39, 0.29) is 23.5 Å². The van der Waals surface area contributed by atoms with Crippen molar-refractivity contribution in [1.82, 2.24) is 0 Å². The Balaban J connectivity index is 1.98. The van der Waals surface area contributed by atoms with Crippen molar-refractivity contribution in [1.29, 1.82) is 0 Å². The van der Waals surface area contributed by atoms with Gasteiger partial charge in [-0.2, -0.15) is 0 Å². The Morgan fingerprint density at radius 3 is 2.25 bits per heavy atom. The van der Waals surface area contributed by atoms with Crippen molar-refractivity contribution >= 4 is 17.6 Å². The minimum Gasteiger partial charge on any atom is -0.545 e. The van der Waals surface area contributed by atoms with E-state index < -0.39 is 5.97 Å². The lowest BCUT2D eigenvalue weighted by molar-refractivity contribution is -0.255. The summed E-state index contributed by atoms with van der Waals surface area (Å²) in [5, 5.41) is 13.3. The molecule has 1 N–H and O–H groups in total. The molecule has 0 bridgehead atoms. The van der Waals surface area contributed by atoms with Gasteiger partial charge in [0.2, 0.25) is 0 Å². The number of anilines is 1. The smallest absolute Gasteiger partial charge is 0.262 e. The molecule has 1 amide bonds.